The lowest BCUT2D eigenvalue weighted by Gasteiger charge is -2.08. The highest BCUT2D eigenvalue weighted by Crippen LogP contribution is 2.28. The smallest absolute Gasteiger partial charge is 0.294 e. The van der Waals surface area contributed by atoms with Gasteiger partial charge < -0.3 is 10.5 Å². The SMILES string of the molecule is CCCOc1ccc(-c2c(C(=O)N/N=C(\C)c3ccc(C#N)cc3)nnn2-c2nonc2N)cc1. The Morgan fingerprint density at radius 3 is 2.57 bits per heavy atom. The summed E-state index contributed by atoms with van der Waals surface area (Å²) in [6, 6.07) is 16.0. The van der Waals surface area contributed by atoms with Crippen molar-refractivity contribution < 1.29 is 14.2 Å². The van der Waals surface area contributed by atoms with Gasteiger partial charge >= 0.3 is 0 Å². The van der Waals surface area contributed by atoms with Gasteiger partial charge in [0, 0.05) is 5.56 Å². The van der Waals surface area contributed by atoms with E-state index in [1.165, 1.54) is 4.68 Å². The molecule has 0 aliphatic carbocycles. The zero-order valence-electron chi connectivity index (χ0n) is 19.0. The summed E-state index contributed by atoms with van der Waals surface area (Å²) in [4.78, 5) is 13.1. The van der Waals surface area contributed by atoms with Crippen LogP contribution in [0.5, 0.6) is 5.75 Å². The maximum absolute atomic E-state index is 13.1. The fraction of sp³-hybridized carbons (Fsp3) is 0.174. The van der Waals surface area contributed by atoms with E-state index >= 15 is 0 Å². The van der Waals surface area contributed by atoms with Crippen LogP contribution in [0.1, 0.15) is 41.9 Å². The maximum Gasteiger partial charge on any atom is 0.294 e. The molecule has 0 saturated carbocycles. The second-order valence-electron chi connectivity index (χ2n) is 7.37. The molecule has 0 fully saturated rings. The molecule has 3 N–H and O–H groups in total. The van der Waals surface area contributed by atoms with E-state index in [0.29, 0.717) is 34.9 Å². The molecule has 2 aromatic heterocycles. The molecule has 2 aromatic carbocycles. The molecule has 35 heavy (non-hydrogen) atoms. The fourth-order valence-electron chi connectivity index (χ4n) is 3.15. The Kier molecular flexibility index (Phi) is 6.78. The molecule has 0 bridgehead atoms. The van der Waals surface area contributed by atoms with Crippen LogP contribution in [-0.4, -0.2) is 43.5 Å². The van der Waals surface area contributed by atoms with Crippen molar-refractivity contribution in [1.82, 2.24) is 30.7 Å². The molecule has 0 atom stereocenters. The van der Waals surface area contributed by atoms with E-state index in [0.717, 1.165) is 12.0 Å². The Morgan fingerprint density at radius 2 is 1.94 bits per heavy atom. The summed E-state index contributed by atoms with van der Waals surface area (Å²) in [5.41, 5.74) is 11.1. The van der Waals surface area contributed by atoms with Gasteiger partial charge in [0.1, 0.15) is 11.4 Å². The standard InChI is InChI=1S/C23H21N9O3/c1-3-12-34-18-10-8-17(9-11-18)20-19(27-31-32(20)22-21(25)29-35-30-22)23(33)28-26-14(2)16-6-4-15(13-24)5-7-16/h4-11H,3,12H2,1-2H3,(H2,25,29)(H,28,33)/b26-14+. The van der Waals surface area contributed by atoms with Gasteiger partial charge in [0.2, 0.25) is 11.6 Å². The third-order valence-corrected chi connectivity index (χ3v) is 4.94. The van der Waals surface area contributed by atoms with Crippen LogP contribution in [-0.2, 0) is 0 Å². The lowest BCUT2D eigenvalue weighted by molar-refractivity contribution is 0.0950. The first-order valence-electron chi connectivity index (χ1n) is 10.6. The lowest BCUT2D eigenvalue weighted by Crippen LogP contribution is -2.21. The average molecular weight is 471 g/mol. The maximum atomic E-state index is 13.1. The molecule has 0 spiro atoms. The van der Waals surface area contributed by atoms with E-state index in [1.807, 2.05) is 6.92 Å². The summed E-state index contributed by atoms with van der Waals surface area (Å²) >= 11 is 0. The number of hydrogen-bond acceptors (Lipinski definition) is 10. The van der Waals surface area contributed by atoms with Gasteiger partial charge in [-0.3, -0.25) is 4.79 Å². The van der Waals surface area contributed by atoms with Gasteiger partial charge in [0.25, 0.3) is 5.91 Å². The molecule has 1 amide bonds. The molecule has 12 heteroatoms. The number of amides is 1. The number of hydrazone groups is 1. The summed E-state index contributed by atoms with van der Waals surface area (Å²) < 4.78 is 11.6. The minimum Gasteiger partial charge on any atom is -0.494 e. The summed E-state index contributed by atoms with van der Waals surface area (Å²) in [7, 11) is 0. The first-order chi connectivity index (χ1) is 17.0. The van der Waals surface area contributed by atoms with Crippen molar-refractivity contribution in [2.75, 3.05) is 12.3 Å². The monoisotopic (exact) mass is 471 g/mol. The highest BCUT2D eigenvalue weighted by molar-refractivity contribution is 6.02. The van der Waals surface area contributed by atoms with Crippen LogP contribution < -0.4 is 15.9 Å². The molecule has 2 heterocycles. The average Bonchev–Trinajstić information content (AvgIpc) is 3.52. The van der Waals surface area contributed by atoms with Crippen LogP contribution in [0.2, 0.25) is 0 Å². The van der Waals surface area contributed by atoms with Crippen LogP contribution in [0.25, 0.3) is 17.1 Å². The van der Waals surface area contributed by atoms with Gasteiger partial charge in [-0.15, -0.1) is 5.10 Å². The van der Waals surface area contributed by atoms with E-state index in [1.54, 1.807) is 55.5 Å². The van der Waals surface area contributed by atoms with E-state index < -0.39 is 5.91 Å². The van der Waals surface area contributed by atoms with Crippen molar-refractivity contribution in [2.45, 2.75) is 20.3 Å². The first-order valence-corrected chi connectivity index (χ1v) is 10.6. The summed E-state index contributed by atoms with van der Waals surface area (Å²) in [5, 5.41) is 28.5. The number of nitriles is 1. The van der Waals surface area contributed by atoms with Gasteiger partial charge in [-0.2, -0.15) is 15.0 Å². The molecular formula is C23H21N9O3. The van der Waals surface area contributed by atoms with E-state index in [2.05, 4.69) is 37.2 Å². The molecular weight excluding hydrogens is 450 g/mol. The lowest BCUT2D eigenvalue weighted by atomic mass is 10.1. The molecule has 176 valence electrons. The molecule has 4 rings (SSSR count). The predicted octanol–water partition coefficient (Wildman–Crippen LogP) is 2.71. The molecule has 0 saturated heterocycles. The number of carbonyl (C=O) groups excluding carboxylic acids is 1. The number of benzene rings is 2. The second kappa shape index (κ2) is 10.3. The summed E-state index contributed by atoms with van der Waals surface area (Å²) in [6.07, 6.45) is 0.879. The number of carbonyl (C=O) groups is 1. The van der Waals surface area contributed by atoms with Gasteiger partial charge in [0.15, 0.2) is 5.69 Å². The molecule has 0 aliphatic heterocycles. The number of nitrogens with zero attached hydrogens (tertiary/aromatic N) is 7. The number of aromatic nitrogens is 5. The molecule has 0 unspecified atom stereocenters. The van der Waals surface area contributed by atoms with Crippen LogP contribution in [0.15, 0.2) is 58.3 Å². The third kappa shape index (κ3) is 4.98. The number of rotatable bonds is 8. The van der Waals surface area contributed by atoms with E-state index in [-0.39, 0.29) is 17.3 Å². The van der Waals surface area contributed by atoms with Crippen LogP contribution in [0.4, 0.5) is 5.82 Å². The van der Waals surface area contributed by atoms with Gasteiger partial charge in [-0.25, -0.2) is 10.1 Å². The molecule has 0 radical (unpaired) electrons. The molecule has 0 aliphatic rings. The summed E-state index contributed by atoms with van der Waals surface area (Å²) in [5.74, 6) is 0.169. The van der Waals surface area contributed by atoms with Crippen molar-refractivity contribution in [3.63, 3.8) is 0 Å². The minimum atomic E-state index is -0.597. The first kappa shape index (κ1) is 23.1. The Labute approximate surface area is 200 Å². The topological polar surface area (TPSA) is 170 Å². The second-order valence-corrected chi connectivity index (χ2v) is 7.37. The number of hydrogen-bond donors (Lipinski definition) is 2. The molecule has 4 aromatic rings. The normalized spacial score (nSPS) is 11.2. The van der Waals surface area contributed by atoms with Crippen molar-refractivity contribution in [2.24, 2.45) is 5.10 Å². The Morgan fingerprint density at radius 1 is 1.20 bits per heavy atom. The van der Waals surface area contributed by atoms with Crippen LogP contribution in [0.3, 0.4) is 0 Å². The van der Waals surface area contributed by atoms with E-state index in [4.69, 9.17) is 20.4 Å². The zero-order chi connectivity index (χ0) is 24.8. The minimum absolute atomic E-state index is 0.00833. The quantitative estimate of drug-likeness (QED) is 0.289. The number of nitrogens with two attached hydrogens (primary N) is 1. The number of nitrogen functional groups attached to an aromatic ring is 1. The van der Waals surface area contributed by atoms with Gasteiger partial charge in [0.05, 0.1) is 24.0 Å². The number of ether oxygens (including phenoxy) is 1. The van der Waals surface area contributed by atoms with Crippen molar-refractivity contribution in [3.8, 4) is 28.9 Å². The predicted molar refractivity (Wildman–Crippen MR) is 126 cm³/mol. The highest BCUT2D eigenvalue weighted by Gasteiger charge is 2.25. The largest absolute Gasteiger partial charge is 0.494 e. The Hall–Kier alpha value is -5.05. The van der Waals surface area contributed by atoms with Crippen molar-refractivity contribution >= 4 is 17.4 Å². The number of anilines is 1. The summed E-state index contributed by atoms with van der Waals surface area (Å²) in [6.45, 7) is 4.34. The number of nitrogens with one attached hydrogen (secondary N) is 1. The Balaban J connectivity index is 1.66. The molecule has 12 nitrogen and oxygen atoms in total. The van der Waals surface area contributed by atoms with Crippen molar-refractivity contribution in [1.29, 1.82) is 5.26 Å². The van der Waals surface area contributed by atoms with E-state index in [9.17, 15) is 4.79 Å². The van der Waals surface area contributed by atoms with Gasteiger partial charge in [-0.1, -0.05) is 24.3 Å². The zero-order valence-corrected chi connectivity index (χ0v) is 19.0. The Bertz CT molecular complexity index is 1400. The van der Waals surface area contributed by atoms with Gasteiger partial charge in [-0.05, 0) is 65.6 Å². The van der Waals surface area contributed by atoms with Crippen molar-refractivity contribution in [3.05, 3.63) is 65.4 Å². The van der Waals surface area contributed by atoms with Crippen LogP contribution in [0, 0.1) is 11.3 Å². The highest BCUT2D eigenvalue weighted by atomic mass is 16.6. The van der Waals surface area contributed by atoms with Crippen LogP contribution >= 0.6 is 0 Å². The fourth-order valence-corrected chi connectivity index (χ4v) is 3.15. The third-order valence-electron chi connectivity index (χ3n) is 4.94.